The number of hydrogen-bond donors (Lipinski definition) is 2. The third kappa shape index (κ3) is 5.49. The molecular weight excluding hydrogens is 426 g/mol. The van der Waals surface area contributed by atoms with Crippen LogP contribution in [-0.4, -0.2) is 47.2 Å². The molecule has 0 unspecified atom stereocenters. The maximum Gasteiger partial charge on any atom is 0.241 e. The molecule has 1 aliphatic rings. The molecule has 0 atom stereocenters. The van der Waals surface area contributed by atoms with Crippen molar-refractivity contribution in [3.05, 3.63) is 52.6 Å². The Morgan fingerprint density at radius 2 is 1.59 bits per heavy atom. The Morgan fingerprint density at radius 1 is 1.03 bits per heavy atom. The third-order valence-corrected chi connectivity index (χ3v) is 7.95. The number of nitrogens with zero attached hydrogens (tertiary/aromatic N) is 1. The highest BCUT2D eigenvalue weighted by Gasteiger charge is 2.23. The molecule has 1 heterocycles. The highest BCUT2D eigenvalue weighted by atomic mass is 32.2. The number of carbonyl (C=O) groups is 1. The van der Waals surface area contributed by atoms with Crippen LogP contribution in [0.5, 0.6) is 0 Å². The number of hydrogen-bond acceptors (Lipinski definition) is 5. The van der Waals surface area contributed by atoms with Gasteiger partial charge < -0.3 is 15.0 Å². The second kappa shape index (κ2) is 10.0. The average Bonchev–Trinajstić information content (AvgIpc) is 2.77. The van der Waals surface area contributed by atoms with Crippen LogP contribution in [0.25, 0.3) is 0 Å². The van der Waals surface area contributed by atoms with Crippen molar-refractivity contribution in [2.24, 2.45) is 0 Å². The van der Waals surface area contributed by atoms with Gasteiger partial charge in [0.05, 0.1) is 17.5 Å². The van der Waals surface area contributed by atoms with Crippen molar-refractivity contribution in [1.29, 1.82) is 0 Å². The van der Waals surface area contributed by atoms with E-state index in [9.17, 15) is 13.2 Å². The molecule has 1 fully saturated rings. The number of sulfonamides is 1. The highest BCUT2D eigenvalue weighted by molar-refractivity contribution is 7.89. The Balaban J connectivity index is 1.59. The molecule has 2 aromatic rings. The number of carbonyl (C=O) groups excluding carboxylic acids is 1. The normalized spacial score (nSPS) is 15.1. The molecule has 0 radical (unpaired) electrons. The molecule has 1 aliphatic heterocycles. The van der Waals surface area contributed by atoms with Gasteiger partial charge in [0.2, 0.25) is 15.9 Å². The van der Waals surface area contributed by atoms with Crippen LogP contribution >= 0.6 is 0 Å². The van der Waals surface area contributed by atoms with Crippen LogP contribution in [-0.2, 0) is 19.6 Å². The van der Waals surface area contributed by atoms with Crippen molar-refractivity contribution >= 4 is 27.3 Å². The molecule has 0 spiro atoms. The maximum absolute atomic E-state index is 12.9. The number of amides is 1. The predicted molar refractivity (Wildman–Crippen MR) is 128 cm³/mol. The van der Waals surface area contributed by atoms with Gasteiger partial charge in [-0.2, -0.15) is 0 Å². The van der Waals surface area contributed by atoms with E-state index < -0.39 is 15.9 Å². The minimum atomic E-state index is -3.81. The Bertz CT molecular complexity index is 1050. The molecule has 0 saturated carbocycles. The fourth-order valence-corrected chi connectivity index (χ4v) is 5.72. The number of benzene rings is 2. The van der Waals surface area contributed by atoms with E-state index >= 15 is 0 Å². The molecule has 8 heteroatoms. The Labute approximate surface area is 191 Å². The van der Waals surface area contributed by atoms with Gasteiger partial charge in [-0.05, 0) is 87.1 Å². The molecule has 1 amide bonds. The molecule has 7 nitrogen and oxygen atoms in total. The van der Waals surface area contributed by atoms with Crippen molar-refractivity contribution in [3.63, 3.8) is 0 Å². The summed E-state index contributed by atoms with van der Waals surface area (Å²) in [5.41, 5.74) is 4.94. The van der Waals surface area contributed by atoms with E-state index in [1.807, 2.05) is 44.2 Å². The lowest BCUT2D eigenvalue weighted by atomic mass is 10.0. The zero-order valence-corrected chi connectivity index (χ0v) is 20.3. The summed E-state index contributed by atoms with van der Waals surface area (Å²) in [6.45, 7) is 8.88. The van der Waals surface area contributed by atoms with Gasteiger partial charge in [0, 0.05) is 31.6 Å². The molecule has 2 N–H and O–H groups in total. The number of nitrogens with one attached hydrogen (secondary N) is 2. The minimum Gasteiger partial charge on any atom is -0.381 e. The van der Waals surface area contributed by atoms with Crippen molar-refractivity contribution < 1.29 is 17.9 Å². The van der Waals surface area contributed by atoms with Crippen LogP contribution in [0.2, 0.25) is 0 Å². The first kappa shape index (κ1) is 24.2. The zero-order chi connectivity index (χ0) is 23.5. The number of methoxy groups -OCH3 is 1. The van der Waals surface area contributed by atoms with E-state index in [0.717, 1.165) is 42.7 Å². The summed E-state index contributed by atoms with van der Waals surface area (Å²) in [4.78, 5) is 14.9. The molecule has 0 aliphatic carbocycles. The number of ether oxygens (including phenoxy) is 1. The zero-order valence-electron chi connectivity index (χ0n) is 19.5. The van der Waals surface area contributed by atoms with E-state index in [2.05, 4.69) is 14.9 Å². The van der Waals surface area contributed by atoms with Gasteiger partial charge in [0.15, 0.2) is 0 Å². The van der Waals surface area contributed by atoms with E-state index in [1.54, 1.807) is 21.0 Å². The van der Waals surface area contributed by atoms with Crippen molar-refractivity contribution in [3.8, 4) is 0 Å². The van der Waals surface area contributed by atoms with Crippen LogP contribution in [0.4, 0.5) is 11.4 Å². The van der Waals surface area contributed by atoms with Gasteiger partial charge >= 0.3 is 0 Å². The molecule has 0 aromatic heterocycles. The molecule has 0 bridgehead atoms. The summed E-state index contributed by atoms with van der Waals surface area (Å²) >= 11 is 0. The van der Waals surface area contributed by atoms with Crippen LogP contribution in [0, 0.1) is 27.7 Å². The van der Waals surface area contributed by atoms with Crippen LogP contribution in [0.1, 0.15) is 35.1 Å². The second-order valence-electron chi connectivity index (χ2n) is 8.43. The largest absolute Gasteiger partial charge is 0.381 e. The topological polar surface area (TPSA) is 87.7 Å². The first-order valence-corrected chi connectivity index (χ1v) is 12.4. The van der Waals surface area contributed by atoms with Gasteiger partial charge in [-0.15, -0.1) is 0 Å². The van der Waals surface area contributed by atoms with Gasteiger partial charge in [-0.1, -0.05) is 6.07 Å². The molecular formula is C24H33N3O4S. The van der Waals surface area contributed by atoms with Gasteiger partial charge in [0.1, 0.15) is 0 Å². The molecule has 174 valence electrons. The summed E-state index contributed by atoms with van der Waals surface area (Å²) in [5.74, 6) is -0.415. The Kier molecular flexibility index (Phi) is 7.59. The fraction of sp³-hybridized carbons (Fsp3) is 0.458. The molecule has 3 rings (SSSR count). The van der Waals surface area contributed by atoms with Gasteiger partial charge in [-0.3, -0.25) is 4.79 Å². The SMILES string of the molecule is COC1CCN(c2ccc(NC(=O)CNS(=O)(=O)c3c(C)c(C)cc(C)c3C)cc2)CC1. The van der Waals surface area contributed by atoms with Crippen LogP contribution in [0.15, 0.2) is 35.2 Å². The lowest BCUT2D eigenvalue weighted by Gasteiger charge is -2.33. The summed E-state index contributed by atoms with van der Waals surface area (Å²) in [7, 11) is -2.06. The van der Waals surface area contributed by atoms with Crippen molar-refractivity contribution in [2.75, 3.05) is 37.0 Å². The first-order chi connectivity index (χ1) is 15.1. The summed E-state index contributed by atoms with van der Waals surface area (Å²) < 4.78 is 33.6. The molecule has 1 saturated heterocycles. The van der Waals surface area contributed by atoms with E-state index in [-0.39, 0.29) is 11.4 Å². The van der Waals surface area contributed by atoms with Gasteiger partial charge in [0.25, 0.3) is 0 Å². The number of anilines is 2. The molecule has 32 heavy (non-hydrogen) atoms. The maximum atomic E-state index is 12.9. The van der Waals surface area contributed by atoms with E-state index in [1.165, 1.54) is 0 Å². The Hall–Kier alpha value is -2.42. The van der Waals surface area contributed by atoms with Crippen LogP contribution < -0.4 is 14.9 Å². The Morgan fingerprint density at radius 3 is 2.12 bits per heavy atom. The monoisotopic (exact) mass is 459 g/mol. The van der Waals surface area contributed by atoms with E-state index in [4.69, 9.17) is 4.74 Å². The van der Waals surface area contributed by atoms with E-state index in [0.29, 0.717) is 22.9 Å². The smallest absolute Gasteiger partial charge is 0.241 e. The highest BCUT2D eigenvalue weighted by Crippen LogP contribution is 2.26. The van der Waals surface area contributed by atoms with Gasteiger partial charge in [-0.25, -0.2) is 13.1 Å². The summed E-state index contributed by atoms with van der Waals surface area (Å²) in [6, 6.07) is 9.58. The lowest BCUT2D eigenvalue weighted by molar-refractivity contribution is -0.115. The quantitative estimate of drug-likeness (QED) is 0.662. The fourth-order valence-electron chi connectivity index (χ4n) is 4.13. The van der Waals surface area contributed by atoms with Crippen molar-refractivity contribution in [2.45, 2.75) is 51.5 Å². The standard InChI is InChI=1S/C24H33N3O4S/c1-16-14-17(2)19(4)24(18(16)3)32(29,30)25-15-23(28)26-20-6-8-21(9-7-20)27-12-10-22(31-5)11-13-27/h6-9,14,22,25H,10-13,15H2,1-5H3,(H,26,28). The van der Waals surface area contributed by atoms with Crippen LogP contribution in [0.3, 0.4) is 0 Å². The molecule has 2 aromatic carbocycles. The average molecular weight is 460 g/mol. The second-order valence-corrected chi connectivity index (χ2v) is 10.1. The predicted octanol–water partition coefficient (Wildman–Crippen LogP) is 3.45. The first-order valence-electron chi connectivity index (χ1n) is 10.9. The third-order valence-electron chi connectivity index (χ3n) is 6.28. The summed E-state index contributed by atoms with van der Waals surface area (Å²) in [5, 5.41) is 2.76. The minimum absolute atomic E-state index is 0.254. The number of rotatable bonds is 7. The van der Waals surface area contributed by atoms with Crippen molar-refractivity contribution in [1.82, 2.24) is 4.72 Å². The number of piperidine rings is 1. The number of aryl methyl sites for hydroxylation is 2. The lowest BCUT2D eigenvalue weighted by Crippen LogP contribution is -2.36. The summed E-state index contributed by atoms with van der Waals surface area (Å²) in [6.07, 6.45) is 2.31.